The zero-order valence-electron chi connectivity index (χ0n) is 31.4. The van der Waals surface area contributed by atoms with Gasteiger partial charge < -0.3 is 40.7 Å². The van der Waals surface area contributed by atoms with Crippen molar-refractivity contribution < 1.29 is 46.7 Å². The molecule has 302 valence electrons. The highest BCUT2D eigenvalue weighted by atomic mass is 19.1. The van der Waals surface area contributed by atoms with Crippen LogP contribution in [0, 0.1) is 18.6 Å². The molecule has 2 aromatic rings. The van der Waals surface area contributed by atoms with Crippen molar-refractivity contribution in [3.63, 3.8) is 0 Å². The van der Waals surface area contributed by atoms with Crippen LogP contribution in [-0.4, -0.2) is 126 Å². The van der Waals surface area contributed by atoms with Crippen molar-refractivity contribution in [1.29, 1.82) is 0 Å². The highest BCUT2D eigenvalue weighted by molar-refractivity contribution is 5.98. The number of carbonyl (C=O) groups is 6. The Labute approximate surface area is 322 Å². The standard InChI is InChI=1S/C39H48F3N7O7/c1-22-8-10-28(11-9-22)44-39(55)46-30(16-24-14-25(40)17-26(41)15-24)34(50)45-31-21-56-20-29-18-27(42)19-49(29)36(52)23(2)43-35(51)32-6-3-4-12-47(32)38(54)33-7-5-13-48(33)37(31)53/h8-11,14-15,17,23,27,29-33H,3-7,12-13,16,18-21H2,1-2H3,(H,43,51)(H,45,50)(H2,44,46,55)/t23-,27+,29?,30-,31-,32?,33?/m0/s1. The number of ether oxygens (including phenoxy) is 1. The molecule has 4 aliphatic heterocycles. The lowest BCUT2D eigenvalue weighted by molar-refractivity contribution is -0.152. The SMILES string of the molecule is Cc1ccc(NC(=O)N[C@@H](Cc2cc(F)cc(F)c2)C(=O)N[C@H]2COCC3C[C@@H](F)CN3C(=O)[C@H](C)NC(=O)C3CCCCN3C(=O)C3CCCN3C2=O)cc1. The van der Waals surface area contributed by atoms with Gasteiger partial charge in [-0.15, -0.1) is 0 Å². The third kappa shape index (κ3) is 9.60. The van der Waals surface area contributed by atoms with Gasteiger partial charge in [0.1, 0.15) is 48.0 Å². The van der Waals surface area contributed by atoms with Crippen LogP contribution in [0.2, 0.25) is 0 Å². The second kappa shape index (κ2) is 17.7. The van der Waals surface area contributed by atoms with Crippen LogP contribution in [0.3, 0.4) is 0 Å². The molecule has 7 amide bonds. The van der Waals surface area contributed by atoms with Crippen LogP contribution in [0.5, 0.6) is 0 Å². The largest absolute Gasteiger partial charge is 0.377 e. The van der Waals surface area contributed by atoms with Crippen LogP contribution in [0.4, 0.5) is 23.7 Å². The molecule has 0 spiro atoms. The van der Waals surface area contributed by atoms with E-state index in [4.69, 9.17) is 4.74 Å². The summed E-state index contributed by atoms with van der Waals surface area (Å²) in [5.74, 6) is -4.83. The Morgan fingerprint density at radius 3 is 2.29 bits per heavy atom. The second-order valence-electron chi connectivity index (χ2n) is 15.0. The third-order valence-electron chi connectivity index (χ3n) is 10.8. The van der Waals surface area contributed by atoms with E-state index in [1.807, 2.05) is 6.92 Å². The Morgan fingerprint density at radius 2 is 1.55 bits per heavy atom. The summed E-state index contributed by atoms with van der Waals surface area (Å²) in [4.78, 5) is 87.1. The van der Waals surface area contributed by atoms with E-state index in [0.717, 1.165) is 17.7 Å². The first kappa shape index (κ1) is 40.5. The highest BCUT2D eigenvalue weighted by Gasteiger charge is 2.45. The van der Waals surface area contributed by atoms with Gasteiger partial charge in [0.25, 0.3) is 0 Å². The van der Waals surface area contributed by atoms with Crippen molar-refractivity contribution in [3.8, 4) is 0 Å². The minimum Gasteiger partial charge on any atom is -0.377 e. The fraction of sp³-hybridized carbons (Fsp3) is 0.538. The van der Waals surface area contributed by atoms with Crippen LogP contribution >= 0.6 is 0 Å². The molecule has 4 N–H and O–H groups in total. The number of hydrogen-bond acceptors (Lipinski definition) is 7. The summed E-state index contributed by atoms with van der Waals surface area (Å²) in [6, 6.07) is 2.23. The minimum absolute atomic E-state index is 0.0465. The molecule has 0 aromatic heterocycles. The van der Waals surface area contributed by atoms with Crippen molar-refractivity contribution >= 4 is 41.3 Å². The summed E-state index contributed by atoms with van der Waals surface area (Å²) in [5.41, 5.74) is 1.40. The van der Waals surface area contributed by atoms with Crippen molar-refractivity contribution in [3.05, 3.63) is 65.2 Å². The number of aryl methyl sites for hydroxylation is 1. The molecule has 4 heterocycles. The summed E-state index contributed by atoms with van der Waals surface area (Å²) in [5, 5.41) is 10.5. The van der Waals surface area contributed by atoms with Gasteiger partial charge >= 0.3 is 6.03 Å². The van der Waals surface area contributed by atoms with E-state index in [-0.39, 0.29) is 44.6 Å². The molecule has 14 nitrogen and oxygen atoms in total. The zero-order chi connectivity index (χ0) is 40.1. The van der Waals surface area contributed by atoms with Crippen LogP contribution in [0.25, 0.3) is 0 Å². The van der Waals surface area contributed by atoms with Gasteiger partial charge in [0.15, 0.2) is 0 Å². The second-order valence-corrected chi connectivity index (χ2v) is 15.0. The molecule has 4 aliphatic rings. The Morgan fingerprint density at radius 1 is 0.875 bits per heavy atom. The number of carbonyl (C=O) groups excluding carboxylic acids is 6. The van der Waals surface area contributed by atoms with Gasteiger partial charge in [-0.05, 0) is 75.8 Å². The Kier molecular flexibility index (Phi) is 12.8. The van der Waals surface area contributed by atoms with Crippen molar-refractivity contribution in [2.45, 2.75) is 101 Å². The van der Waals surface area contributed by atoms with Gasteiger partial charge in [0, 0.05) is 37.7 Å². The van der Waals surface area contributed by atoms with Crippen LogP contribution < -0.4 is 21.3 Å². The van der Waals surface area contributed by atoms with Gasteiger partial charge in [-0.2, -0.15) is 0 Å². The van der Waals surface area contributed by atoms with Crippen LogP contribution in [0.15, 0.2) is 42.5 Å². The number of benzene rings is 2. The zero-order valence-corrected chi connectivity index (χ0v) is 31.4. The topological polar surface area (TPSA) is 169 Å². The average Bonchev–Trinajstić information content (AvgIpc) is 3.80. The maximum atomic E-state index is 14.8. The van der Waals surface area contributed by atoms with Crippen LogP contribution in [-0.2, 0) is 35.1 Å². The lowest BCUT2D eigenvalue weighted by atomic mass is 9.99. The summed E-state index contributed by atoms with van der Waals surface area (Å²) >= 11 is 0. The first-order valence-corrected chi connectivity index (χ1v) is 19.1. The molecule has 7 atom stereocenters. The first-order chi connectivity index (χ1) is 26.8. The number of urea groups is 1. The fourth-order valence-electron chi connectivity index (χ4n) is 7.96. The smallest absolute Gasteiger partial charge is 0.319 e. The molecule has 6 rings (SSSR count). The van der Waals surface area contributed by atoms with Crippen LogP contribution in [0.1, 0.15) is 56.6 Å². The maximum Gasteiger partial charge on any atom is 0.319 e. The van der Waals surface area contributed by atoms with Gasteiger partial charge in [-0.3, -0.25) is 24.0 Å². The van der Waals surface area contributed by atoms with Gasteiger partial charge in [0.2, 0.25) is 29.5 Å². The molecular formula is C39H48F3N7O7. The molecule has 4 fully saturated rings. The molecule has 3 unspecified atom stereocenters. The van der Waals surface area contributed by atoms with E-state index in [9.17, 15) is 41.9 Å². The number of fused-ring (bicyclic) bond motifs is 3. The molecule has 17 heteroatoms. The van der Waals surface area contributed by atoms with Gasteiger partial charge in [-0.1, -0.05) is 17.7 Å². The summed E-state index contributed by atoms with van der Waals surface area (Å²) in [6.07, 6.45) is 0.624. The molecule has 4 saturated heterocycles. The van der Waals surface area contributed by atoms with Gasteiger partial charge in [-0.25, -0.2) is 18.0 Å². The molecule has 0 bridgehead atoms. The monoisotopic (exact) mass is 783 g/mol. The van der Waals surface area contributed by atoms with E-state index >= 15 is 0 Å². The van der Waals surface area contributed by atoms with Crippen molar-refractivity contribution in [2.24, 2.45) is 0 Å². The number of piperidine rings is 1. The number of hydrogen-bond donors (Lipinski definition) is 4. The molecule has 0 radical (unpaired) electrons. The number of anilines is 1. The lowest BCUT2D eigenvalue weighted by Crippen LogP contribution is -2.61. The number of rotatable bonds is 6. The third-order valence-corrected chi connectivity index (χ3v) is 10.8. The Balaban J connectivity index is 1.29. The van der Waals surface area contributed by atoms with E-state index in [1.165, 1.54) is 21.6 Å². The predicted molar refractivity (Wildman–Crippen MR) is 197 cm³/mol. The number of alkyl halides is 1. The maximum absolute atomic E-state index is 14.8. The number of halogens is 3. The normalized spacial score (nSPS) is 26.8. The van der Waals surface area contributed by atoms with E-state index in [2.05, 4.69) is 21.3 Å². The van der Waals surface area contributed by atoms with E-state index in [0.29, 0.717) is 43.9 Å². The average molecular weight is 784 g/mol. The van der Waals surface area contributed by atoms with E-state index in [1.54, 1.807) is 24.3 Å². The molecule has 0 saturated carbocycles. The Bertz CT molecular complexity index is 1800. The van der Waals surface area contributed by atoms with Crippen molar-refractivity contribution in [2.75, 3.05) is 38.2 Å². The Hall–Kier alpha value is -5.19. The number of nitrogens with zero attached hydrogens (tertiary/aromatic N) is 3. The number of nitrogens with one attached hydrogen (secondary N) is 4. The van der Waals surface area contributed by atoms with Crippen molar-refractivity contribution in [1.82, 2.24) is 30.7 Å². The first-order valence-electron chi connectivity index (χ1n) is 19.1. The molecular weight excluding hydrogens is 735 g/mol. The predicted octanol–water partition coefficient (Wildman–Crippen LogP) is 2.34. The molecule has 0 aliphatic carbocycles. The highest BCUT2D eigenvalue weighted by Crippen LogP contribution is 2.27. The minimum atomic E-state index is -1.46. The lowest BCUT2D eigenvalue weighted by Gasteiger charge is -2.39. The summed E-state index contributed by atoms with van der Waals surface area (Å²) in [6.45, 7) is 2.91. The van der Waals surface area contributed by atoms with Gasteiger partial charge in [0.05, 0.1) is 25.8 Å². The quantitative estimate of drug-likeness (QED) is 0.349. The van der Waals surface area contributed by atoms with E-state index < -0.39 is 96.2 Å². The summed E-state index contributed by atoms with van der Waals surface area (Å²) in [7, 11) is 0. The molecule has 2 aromatic carbocycles. The molecule has 56 heavy (non-hydrogen) atoms. The number of amides is 7. The summed E-state index contributed by atoms with van der Waals surface area (Å²) < 4.78 is 49.2. The fourth-order valence-corrected chi connectivity index (χ4v) is 7.96.